The van der Waals surface area contributed by atoms with Crippen molar-refractivity contribution in [1.82, 2.24) is 19.7 Å². The number of hydrogen-bond donors (Lipinski definition) is 2. The second kappa shape index (κ2) is 7.73. The topological polar surface area (TPSA) is 124 Å². The Labute approximate surface area is 186 Å². The maximum Gasteiger partial charge on any atom is 0.269 e. The number of amides is 2. The van der Waals surface area contributed by atoms with E-state index in [1.165, 1.54) is 4.90 Å². The second-order valence-electron chi connectivity index (χ2n) is 9.13. The van der Waals surface area contributed by atoms with E-state index in [4.69, 9.17) is 10.5 Å². The number of carbonyl (C=O) groups excluding carboxylic acids is 2. The van der Waals surface area contributed by atoms with Gasteiger partial charge in [0.15, 0.2) is 11.5 Å². The van der Waals surface area contributed by atoms with Crippen LogP contribution < -0.4 is 5.73 Å². The Bertz CT molecular complexity index is 1160. The molecule has 0 spiro atoms. The lowest BCUT2D eigenvalue weighted by atomic mass is 9.73. The number of primary amides is 1. The molecule has 2 aromatic rings. The van der Waals surface area contributed by atoms with Crippen LogP contribution in [0.25, 0.3) is 5.82 Å². The van der Waals surface area contributed by atoms with E-state index < -0.39 is 17.4 Å². The Balaban J connectivity index is 1.75. The number of likely N-dealkylation sites (N-methyl/N-ethyl adjacent to an activating group) is 1. The molecule has 1 fully saturated rings. The number of pyridine rings is 1. The Morgan fingerprint density at radius 1 is 1.41 bits per heavy atom. The first kappa shape index (κ1) is 22.0. The first-order valence-corrected chi connectivity index (χ1v) is 10.5. The molecule has 9 heteroatoms. The van der Waals surface area contributed by atoms with Crippen molar-refractivity contribution in [3.8, 4) is 17.7 Å². The summed E-state index contributed by atoms with van der Waals surface area (Å²) >= 11 is 0. The van der Waals surface area contributed by atoms with Crippen LogP contribution in [0.5, 0.6) is 0 Å². The highest BCUT2D eigenvalue weighted by molar-refractivity contribution is 5.93. The van der Waals surface area contributed by atoms with E-state index >= 15 is 0 Å². The van der Waals surface area contributed by atoms with Gasteiger partial charge in [0.25, 0.3) is 11.8 Å². The molecule has 1 saturated heterocycles. The first-order valence-electron chi connectivity index (χ1n) is 10.5. The fraction of sp³-hybridized carbons (Fsp3) is 0.478. The molecule has 9 nitrogen and oxygen atoms in total. The zero-order valence-electron chi connectivity index (χ0n) is 18.7. The fourth-order valence-corrected chi connectivity index (χ4v) is 4.44. The summed E-state index contributed by atoms with van der Waals surface area (Å²) in [7, 11) is 3.30. The maximum atomic E-state index is 12.2. The molecule has 2 aliphatic rings. The summed E-state index contributed by atoms with van der Waals surface area (Å²) in [5.41, 5.74) is 6.17. The quantitative estimate of drug-likeness (QED) is 0.672. The molecule has 2 aromatic heterocycles. The highest BCUT2D eigenvalue weighted by Crippen LogP contribution is 2.38. The van der Waals surface area contributed by atoms with Crippen LogP contribution in [-0.2, 0) is 22.4 Å². The molecule has 0 aromatic carbocycles. The zero-order valence-corrected chi connectivity index (χ0v) is 18.7. The number of hydrogen-bond acceptors (Lipinski definition) is 6. The zero-order chi connectivity index (χ0) is 23.3. The summed E-state index contributed by atoms with van der Waals surface area (Å²) in [6.45, 7) is 4.67. The van der Waals surface area contributed by atoms with Gasteiger partial charge in [-0.05, 0) is 24.0 Å². The van der Waals surface area contributed by atoms with E-state index in [9.17, 15) is 14.7 Å². The van der Waals surface area contributed by atoms with Crippen molar-refractivity contribution in [3.05, 3.63) is 40.8 Å². The number of fused-ring (bicyclic) bond motifs is 1. The number of carbonyl (C=O) groups is 2. The van der Waals surface area contributed by atoms with Gasteiger partial charge in [-0.3, -0.25) is 9.59 Å². The van der Waals surface area contributed by atoms with E-state index in [1.54, 1.807) is 37.2 Å². The molecular formula is C23H27N5O4. The van der Waals surface area contributed by atoms with Crippen LogP contribution in [0.3, 0.4) is 0 Å². The number of nitrogens with zero attached hydrogens (tertiary/aromatic N) is 4. The van der Waals surface area contributed by atoms with E-state index in [0.29, 0.717) is 30.8 Å². The molecule has 168 valence electrons. The van der Waals surface area contributed by atoms with Crippen LogP contribution in [0, 0.1) is 17.3 Å². The van der Waals surface area contributed by atoms with Crippen molar-refractivity contribution < 1.29 is 19.4 Å². The van der Waals surface area contributed by atoms with Gasteiger partial charge in [-0.15, -0.1) is 0 Å². The third-order valence-electron chi connectivity index (χ3n) is 6.38. The van der Waals surface area contributed by atoms with Gasteiger partial charge in [0.2, 0.25) is 5.60 Å². The molecule has 3 heterocycles. The summed E-state index contributed by atoms with van der Waals surface area (Å²) in [5.74, 6) is 5.08. The normalized spacial score (nSPS) is 24.1. The van der Waals surface area contributed by atoms with E-state index in [2.05, 4.69) is 35.8 Å². The van der Waals surface area contributed by atoms with Crippen LogP contribution in [-0.4, -0.2) is 69.0 Å². The highest BCUT2D eigenvalue weighted by atomic mass is 16.5. The van der Waals surface area contributed by atoms with Gasteiger partial charge in [0.1, 0.15) is 0 Å². The molecule has 2 unspecified atom stereocenters. The van der Waals surface area contributed by atoms with Gasteiger partial charge < -0.3 is 20.5 Å². The van der Waals surface area contributed by atoms with Crippen LogP contribution >= 0.6 is 0 Å². The monoisotopic (exact) mass is 437 g/mol. The van der Waals surface area contributed by atoms with Crippen molar-refractivity contribution in [2.75, 3.05) is 20.7 Å². The lowest BCUT2D eigenvalue weighted by Gasteiger charge is -2.37. The fourth-order valence-electron chi connectivity index (χ4n) is 4.44. The van der Waals surface area contributed by atoms with E-state index in [-0.39, 0.29) is 23.6 Å². The minimum Gasteiger partial charge on any atom is -0.381 e. The molecule has 2 amide bonds. The molecular weight excluding hydrogens is 410 g/mol. The summed E-state index contributed by atoms with van der Waals surface area (Å²) < 4.78 is 7.30. The maximum absolute atomic E-state index is 12.2. The number of methoxy groups -OCH3 is 1. The molecule has 32 heavy (non-hydrogen) atoms. The Hall–Kier alpha value is -3.22. The third-order valence-corrected chi connectivity index (χ3v) is 6.38. The van der Waals surface area contributed by atoms with Crippen molar-refractivity contribution >= 4 is 11.8 Å². The van der Waals surface area contributed by atoms with Crippen LogP contribution in [0.2, 0.25) is 0 Å². The largest absolute Gasteiger partial charge is 0.381 e. The predicted molar refractivity (Wildman–Crippen MR) is 116 cm³/mol. The van der Waals surface area contributed by atoms with Gasteiger partial charge in [0.05, 0.1) is 11.8 Å². The minimum absolute atomic E-state index is 0.0706. The number of aliphatic hydroxyl groups is 1. The van der Waals surface area contributed by atoms with Crippen LogP contribution in [0.15, 0.2) is 18.3 Å². The molecule has 3 N–H and O–H groups in total. The Morgan fingerprint density at radius 2 is 2.16 bits per heavy atom. The van der Waals surface area contributed by atoms with Crippen molar-refractivity contribution in [3.63, 3.8) is 0 Å². The summed E-state index contributed by atoms with van der Waals surface area (Å²) in [5, 5.41) is 15.0. The SMILES string of the molecule is COC1Cc2c(C(N)=O)nn(-c3cc(C#CC4(O)CCN(C)C4=O)ccn3)c2CC1(C)C. The lowest BCUT2D eigenvalue weighted by Crippen LogP contribution is -2.40. The molecule has 0 bridgehead atoms. The first-order chi connectivity index (χ1) is 15.1. The van der Waals surface area contributed by atoms with Crippen LogP contribution in [0.1, 0.15) is 47.6 Å². The molecule has 0 saturated carbocycles. The smallest absolute Gasteiger partial charge is 0.269 e. The van der Waals surface area contributed by atoms with Gasteiger partial charge in [-0.25, -0.2) is 9.67 Å². The molecule has 4 rings (SSSR count). The van der Waals surface area contributed by atoms with Crippen molar-refractivity contribution in [2.45, 2.75) is 44.8 Å². The van der Waals surface area contributed by atoms with Gasteiger partial charge in [0, 0.05) is 50.9 Å². The van der Waals surface area contributed by atoms with Crippen molar-refractivity contribution in [1.29, 1.82) is 0 Å². The number of rotatable bonds is 3. The summed E-state index contributed by atoms with van der Waals surface area (Å²) in [6.07, 6.45) is 2.92. The summed E-state index contributed by atoms with van der Waals surface area (Å²) in [4.78, 5) is 30.1. The highest BCUT2D eigenvalue weighted by Gasteiger charge is 2.42. The van der Waals surface area contributed by atoms with E-state index in [1.807, 2.05) is 0 Å². The Morgan fingerprint density at radius 3 is 2.78 bits per heavy atom. The molecule has 1 aliphatic heterocycles. The average molecular weight is 438 g/mol. The van der Waals surface area contributed by atoms with E-state index in [0.717, 1.165) is 11.3 Å². The number of ether oxygens (including phenoxy) is 1. The molecule has 2 atom stereocenters. The second-order valence-corrected chi connectivity index (χ2v) is 9.13. The molecule has 1 aliphatic carbocycles. The number of likely N-dealkylation sites (tertiary alicyclic amines) is 1. The van der Waals surface area contributed by atoms with Crippen LogP contribution in [0.4, 0.5) is 0 Å². The van der Waals surface area contributed by atoms with Crippen molar-refractivity contribution in [2.24, 2.45) is 11.1 Å². The number of nitrogens with two attached hydrogens (primary N) is 1. The van der Waals surface area contributed by atoms with Gasteiger partial charge in [-0.2, -0.15) is 5.10 Å². The summed E-state index contributed by atoms with van der Waals surface area (Å²) in [6, 6.07) is 3.41. The minimum atomic E-state index is -1.68. The predicted octanol–water partition coefficient (Wildman–Crippen LogP) is 0.451. The average Bonchev–Trinajstić information content (AvgIpc) is 3.24. The molecule has 0 radical (unpaired) electrons. The Kier molecular flexibility index (Phi) is 5.31. The van der Waals surface area contributed by atoms with Gasteiger partial charge in [-0.1, -0.05) is 25.7 Å². The third kappa shape index (κ3) is 3.66. The lowest BCUT2D eigenvalue weighted by molar-refractivity contribution is -0.137. The standard InChI is InChI=1S/C23H27N5O4/c1-22(2)13-16-15(12-17(22)32-4)19(20(24)29)26-28(16)18-11-14(6-9-25-18)5-7-23(31)8-10-27(3)21(23)30/h6,9,11,17,31H,8,10,12-13H2,1-4H3,(H2,24,29). The number of aromatic nitrogens is 3. The van der Waals surface area contributed by atoms with Gasteiger partial charge >= 0.3 is 0 Å².